The van der Waals surface area contributed by atoms with E-state index >= 15 is 0 Å². The lowest BCUT2D eigenvalue weighted by Crippen LogP contribution is -2.20. The van der Waals surface area contributed by atoms with Gasteiger partial charge in [0.05, 0.1) is 26.6 Å². The van der Waals surface area contributed by atoms with E-state index in [9.17, 15) is 18.0 Å². The number of amides is 2. The van der Waals surface area contributed by atoms with Crippen LogP contribution in [0.2, 0.25) is 10.0 Å². The lowest BCUT2D eigenvalue weighted by molar-refractivity contribution is -0.137. The molecule has 1 aromatic heterocycles. The number of halogens is 5. The SMILES string of the molecule is N=COC(=N)c1ccc2nc(-c3cc(NC(=O)Nc4ccc(Cl)c(C(F)(F)F)c4)ccc3Cl)[nH]c2c1. The van der Waals surface area contributed by atoms with Crippen LogP contribution < -0.4 is 10.6 Å². The van der Waals surface area contributed by atoms with Gasteiger partial charge in [-0.15, -0.1) is 0 Å². The summed E-state index contributed by atoms with van der Waals surface area (Å²) in [5.74, 6) is 0.171. The molecule has 0 radical (unpaired) electrons. The summed E-state index contributed by atoms with van der Waals surface area (Å²) >= 11 is 11.9. The largest absolute Gasteiger partial charge is 0.428 e. The number of anilines is 2. The number of nitrogens with zero attached hydrogens (tertiary/aromatic N) is 1. The minimum atomic E-state index is -4.67. The zero-order valence-electron chi connectivity index (χ0n) is 17.9. The molecule has 0 saturated carbocycles. The van der Waals surface area contributed by atoms with Crippen LogP contribution in [0.15, 0.2) is 54.6 Å². The van der Waals surface area contributed by atoms with Gasteiger partial charge in [0.2, 0.25) is 5.90 Å². The quantitative estimate of drug-likeness (QED) is 0.138. The molecule has 0 saturated heterocycles. The highest BCUT2D eigenvalue weighted by molar-refractivity contribution is 6.33. The van der Waals surface area contributed by atoms with Crippen molar-refractivity contribution in [1.29, 1.82) is 10.8 Å². The van der Waals surface area contributed by atoms with Crippen LogP contribution in [0.3, 0.4) is 0 Å². The molecule has 36 heavy (non-hydrogen) atoms. The van der Waals surface area contributed by atoms with E-state index in [4.69, 9.17) is 38.8 Å². The Balaban J connectivity index is 1.56. The zero-order chi connectivity index (χ0) is 26.0. The van der Waals surface area contributed by atoms with Crippen molar-refractivity contribution in [2.75, 3.05) is 10.6 Å². The summed E-state index contributed by atoms with van der Waals surface area (Å²) in [5, 5.41) is 19.5. The molecular weight excluding hydrogens is 520 g/mol. The summed E-state index contributed by atoms with van der Waals surface area (Å²) in [5.41, 5.74) is 1.17. The van der Waals surface area contributed by atoms with Crippen LogP contribution in [0.25, 0.3) is 22.4 Å². The fraction of sp³-hybridized carbons (Fsp3) is 0.0435. The number of aromatic nitrogens is 2. The van der Waals surface area contributed by atoms with Gasteiger partial charge in [-0.1, -0.05) is 23.2 Å². The predicted molar refractivity (Wildman–Crippen MR) is 132 cm³/mol. The first kappa shape index (κ1) is 25.0. The van der Waals surface area contributed by atoms with Crippen LogP contribution in [0, 0.1) is 10.8 Å². The summed E-state index contributed by atoms with van der Waals surface area (Å²) in [6.07, 6.45) is -4.02. The van der Waals surface area contributed by atoms with E-state index < -0.39 is 22.8 Å². The Hall–Kier alpha value is -4.09. The molecule has 13 heteroatoms. The number of H-pyrrole nitrogens is 1. The maximum Gasteiger partial charge on any atom is 0.417 e. The summed E-state index contributed by atoms with van der Waals surface area (Å²) in [4.78, 5) is 20.0. The first-order chi connectivity index (χ1) is 17.0. The molecule has 4 rings (SSSR count). The van der Waals surface area contributed by atoms with E-state index in [0.29, 0.717) is 45.1 Å². The first-order valence-electron chi connectivity index (χ1n) is 10.0. The molecule has 0 aliphatic carbocycles. The molecule has 8 nitrogen and oxygen atoms in total. The van der Waals surface area contributed by atoms with E-state index in [1.54, 1.807) is 24.3 Å². The third-order valence-corrected chi connectivity index (χ3v) is 5.59. The van der Waals surface area contributed by atoms with Gasteiger partial charge >= 0.3 is 12.2 Å². The highest BCUT2D eigenvalue weighted by Crippen LogP contribution is 2.36. The normalized spacial score (nSPS) is 11.2. The Morgan fingerprint density at radius 3 is 2.33 bits per heavy atom. The molecule has 3 aromatic carbocycles. The van der Waals surface area contributed by atoms with Crippen LogP contribution in [0.5, 0.6) is 0 Å². The van der Waals surface area contributed by atoms with Crippen LogP contribution in [-0.4, -0.2) is 28.3 Å². The minimum Gasteiger partial charge on any atom is -0.428 e. The van der Waals surface area contributed by atoms with Crippen molar-refractivity contribution in [1.82, 2.24) is 9.97 Å². The zero-order valence-corrected chi connectivity index (χ0v) is 19.4. The molecular formula is C23H15Cl2F3N6O2. The van der Waals surface area contributed by atoms with E-state index in [-0.39, 0.29) is 11.6 Å². The van der Waals surface area contributed by atoms with E-state index in [1.807, 2.05) is 0 Å². The van der Waals surface area contributed by atoms with Crippen molar-refractivity contribution in [3.63, 3.8) is 0 Å². The number of nitrogens with one attached hydrogen (secondary N) is 5. The fourth-order valence-corrected chi connectivity index (χ4v) is 3.74. The Morgan fingerprint density at radius 2 is 1.67 bits per heavy atom. The molecule has 0 atom stereocenters. The second-order valence-corrected chi connectivity index (χ2v) is 8.16. The molecule has 0 fully saturated rings. The Labute approximate surface area is 211 Å². The van der Waals surface area contributed by atoms with Gasteiger partial charge in [0.15, 0.2) is 6.40 Å². The summed E-state index contributed by atoms with van der Waals surface area (Å²) in [6.45, 7) is 0. The number of aromatic amines is 1. The number of carbonyl (C=O) groups is 1. The van der Waals surface area contributed by atoms with Crippen LogP contribution in [0.1, 0.15) is 11.1 Å². The van der Waals surface area contributed by atoms with Crippen molar-refractivity contribution in [2.24, 2.45) is 0 Å². The maximum absolute atomic E-state index is 13.1. The summed E-state index contributed by atoms with van der Waals surface area (Å²) < 4.78 is 44.0. The van der Waals surface area contributed by atoms with E-state index in [2.05, 4.69) is 20.6 Å². The maximum atomic E-state index is 13.1. The van der Waals surface area contributed by atoms with Crippen molar-refractivity contribution in [3.8, 4) is 11.4 Å². The van der Waals surface area contributed by atoms with Gasteiger partial charge in [-0.3, -0.25) is 10.8 Å². The number of fused-ring (bicyclic) bond motifs is 1. The monoisotopic (exact) mass is 534 g/mol. The number of hydrogen-bond donors (Lipinski definition) is 5. The molecule has 0 aliphatic rings. The third-order valence-electron chi connectivity index (χ3n) is 4.93. The lowest BCUT2D eigenvalue weighted by Gasteiger charge is -2.13. The number of benzene rings is 3. The standard InChI is InChI=1S/C23H15Cl2F3N6O2/c24-16-4-2-12(31-22(35)32-13-3-5-17(25)15(9-13)23(26,27)28)8-14(16)21-33-18-6-1-11(7-19(18)34-21)20(30)36-10-29/h1-10,29-30H,(H,33,34)(H2,31,32,35). The number of ether oxygens (including phenoxy) is 1. The van der Waals surface area contributed by atoms with Gasteiger partial charge in [0, 0.05) is 22.5 Å². The molecule has 2 amide bonds. The van der Waals surface area contributed by atoms with Crippen molar-refractivity contribution >= 4 is 63.9 Å². The van der Waals surface area contributed by atoms with Gasteiger partial charge in [-0.25, -0.2) is 9.78 Å². The highest BCUT2D eigenvalue weighted by atomic mass is 35.5. The van der Waals surface area contributed by atoms with E-state index in [1.165, 1.54) is 18.2 Å². The number of hydrogen-bond acceptors (Lipinski definition) is 5. The number of urea groups is 1. The first-order valence-corrected chi connectivity index (χ1v) is 10.8. The summed E-state index contributed by atoms with van der Waals surface area (Å²) in [7, 11) is 0. The van der Waals surface area contributed by atoms with Gasteiger partial charge in [0.1, 0.15) is 5.82 Å². The molecule has 184 valence electrons. The second-order valence-electron chi connectivity index (χ2n) is 7.35. The minimum absolute atomic E-state index is 0.0935. The van der Waals surface area contributed by atoms with Crippen LogP contribution >= 0.6 is 23.2 Å². The average Bonchev–Trinajstić information content (AvgIpc) is 3.24. The smallest absolute Gasteiger partial charge is 0.417 e. The predicted octanol–water partition coefficient (Wildman–Crippen LogP) is 7.15. The number of alkyl halides is 3. The number of carbonyl (C=O) groups excluding carboxylic acids is 1. The molecule has 1 heterocycles. The third kappa shape index (κ3) is 5.42. The Bertz CT molecular complexity index is 1500. The van der Waals surface area contributed by atoms with Crippen molar-refractivity contribution in [3.05, 3.63) is 75.8 Å². The number of rotatable bonds is 5. The lowest BCUT2D eigenvalue weighted by atomic mass is 10.2. The van der Waals surface area contributed by atoms with Crippen LogP contribution in [0.4, 0.5) is 29.3 Å². The van der Waals surface area contributed by atoms with Crippen molar-refractivity contribution in [2.45, 2.75) is 6.18 Å². The molecule has 0 unspecified atom stereocenters. The van der Waals surface area contributed by atoms with Gasteiger partial charge in [0.25, 0.3) is 0 Å². The Kier molecular flexibility index (Phi) is 6.86. The highest BCUT2D eigenvalue weighted by Gasteiger charge is 2.33. The molecule has 5 N–H and O–H groups in total. The van der Waals surface area contributed by atoms with Gasteiger partial charge in [-0.05, 0) is 54.6 Å². The van der Waals surface area contributed by atoms with Gasteiger partial charge < -0.3 is 20.4 Å². The molecule has 4 aromatic rings. The molecule has 0 aliphatic heterocycles. The Morgan fingerprint density at radius 1 is 1.00 bits per heavy atom. The van der Waals surface area contributed by atoms with Crippen molar-refractivity contribution < 1.29 is 22.7 Å². The topological polar surface area (TPSA) is 127 Å². The van der Waals surface area contributed by atoms with Crippen LogP contribution in [-0.2, 0) is 10.9 Å². The van der Waals surface area contributed by atoms with Gasteiger partial charge in [-0.2, -0.15) is 13.2 Å². The molecule has 0 bridgehead atoms. The summed E-state index contributed by atoms with van der Waals surface area (Å²) in [6, 6.07) is 11.8. The molecule has 0 spiro atoms. The number of imidazole rings is 1. The second kappa shape index (κ2) is 9.88. The van der Waals surface area contributed by atoms with E-state index in [0.717, 1.165) is 12.1 Å². The average molecular weight is 535 g/mol. The fourth-order valence-electron chi connectivity index (χ4n) is 3.30.